The van der Waals surface area contributed by atoms with Crippen molar-refractivity contribution in [2.75, 3.05) is 20.0 Å². The maximum absolute atomic E-state index is 5.95. The maximum atomic E-state index is 5.95. The van der Waals surface area contributed by atoms with Crippen LogP contribution < -0.4 is 15.2 Å². The molecule has 0 atom stereocenters. The van der Waals surface area contributed by atoms with Gasteiger partial charge in [-0.2, -0.15) is 0 Å². The third-order valence-electron chi connectivity index (χ3n) is 2.64. The van der Waals surface area contributed by atoms with E-state index < -0.39 is 0 Å². The summed E-state index contributed by atoms with van der Waals surface area (Å²) in [6.45, 7) is 3.78. The van der Waals surface area contributed by atoms with Crippen LogP contribution in [0.1, 0.15) is 5.56 Å². The summed E-state index contributed by atoms with van der Waals surface area (Å²) in [5, 5.41) is 0.821. The summed E-state index contributed by atoms with van der Waals surface area (Å²) in [5.41, 5.74) is 8.11. The first-order chi connectivity index (χ1) is 8.22. The van der Waals surface area contributed by atoms with Gasteiger partial charge in [0.1, 0.15) is 0 Å². The van der Waals surface area contributed by atoms with Crippen LogP contribution in [0.5, 0.6) is 11.5 Å². The first-order valence-electron chi connectivity index (χ1n) is 5.14. The van der Waals surface area contributed by atoms with Gasteiger partial charge < -0.3 is 15.2 Å². The van der Waals surface area contributed by atoms with Crippen molar-refractivity contribution in [3.05, 3.63) is 30.5 Å². The lowest BCUT2D eigenvalue weighted by molar-refractivity contribution is 0.358. The summed E-state index contributed by atoms with van der Waals surface area (Å²) < 4.78 is 10.6. The highest BCUT2D eigenvalue weighted by Gasteiger charge is 2.15. The average molecular weight is 230 g/mol. The predicted octanol–water partition coefficient (Wildman–Crippen LogP) is 2.48. The molecule has 0 unspecified atom stereocenters. The second-order valence-corrected chi connectivity index (χ2v) is 3.53. The zero-order valence-corrected chi connectivity index (χ0v) is 9.86. The van der Waals surface area contributed by atoms with E-state index in [0.29, 0.717) is 22.7 Å². The van der Waals surface area contributed by atoms with Gasteiger partial charge >= 0.3 is 0 Å². The molecule has 0 aliphatic rings. The molecular formula is C13H14N2O2. The molecule has 17 heavy (non-hydrogen) atoms. The van der Waals surface area contributed by atoms with Crippen molar-refractivity contribution in [2.45, 2.75) is 0 Å². The van der Waals surface area contributed by atoms with E-state index in [2.05, 4.69) is 11.6 Å². The van der Waals surface area contributed by atoms with Gasteiger partial charge in [0.15, 0.2) is 11.5 Å². The lowest BCUT2D eigenvalue weighted by Gasteiger charge is -2.13. The highest BCUT2D eigenvalue weighted by molar-refractivity contribution is 6.01. The van der Waals surface area contributed by atoms with Gasteiger partial charge in [-0.25, -0.2) is 0 Å². The SMILES string of the molecule is C=Cc1ccnc2c(N)cc(OC)c(OC)c12. The van der Waals surface area contributed by atoms with Crippen LogP contribution in [0.25, 0.3) is 17.0 Å². The first kappa shape index (κ1) is 11.3. The molecule has 0 saturated carbocycles. The molecule has 0 radical (unpaired) electrons. The molecule has 0 spiro atoms. The Bertz CT molecular complexity index is 579. The number of nitrogens with two attached hydrogens (primary N) is 1. The summed E-state index contributed by atoms with van der Waals surface area (Å²) in [6.07, 6.45) is 3.44. The smallest absolute Gasteiger partial charge is 0.170 e. The quantitative estimate of drug-likeness (QED) is 0.823. The standard InChI is InChI=1S/C13H14N2O2/c1-4-8-5-6-15-12-9(14)7-10(16-2)13(17-3)11(8)12/h4-7H,1,14H2,2-3H3. The van der Waals surface area contributed by atoms with Crippen LogP contribution in [-0.2, 0) is 0 Å². The molecule has 0 bridgehead atoms. The summed E-state index contributed by atoms with van der Waals surface area (Å²) in [5.74, 6) is 1.22. The van der Waals surface area contributed by atoms with Gasteiger partial charge in [-0.1, -0.05) is 12.7 Å². The average Bonchev–Trinajstić information content (AvgIpc) is 2.37. The molecule has 2 rings (SSSR count). The highest BCUT2D eigenvalue weighted by atomic mass is 16.5. The van der Waals surface area contributed by atoms with Gasteiger partial charge in [0.2, 0.25) is 0 Å². The minimum Gasteiger partial charge on any atom is -0.493 e. The van der Waals surface area contributed by atoms with Crippen LogP contribution >= 0.6 is 0 Å². The first-order valence-corrected chi connectivity index (χ1v) is 5.14. The summed E-state index contributed by atoms with van der Waals surface area (Å²) in [4.78, 5) is 4.27. The lowest BCUT2D eigenvalue weighted by Crippen LogP contribution is -1.98. The molecule has 2 N–H and O–H groups in total. The number of nitrogen functional groups attached to an aromatic ring is 1. The second-order valence-electron chi connectivity index (χ2n) is 3.53. The van der Waals surface area contributed by atoms with Gasteiger partial charge in [0.05, 0.1) is 30.8 Å². The molecule has 4 heteroatoms. The zero-order chi connectivity index (χ0) is 12.4. The van der Waals surface area contributed by atoms with Crippen LogP contribution in [0.4, 0.5) is 5.69 Å². The van der Waals surface area contributed by atoms with E-state index in [4.69, 9.17) is 15.2 Å². The van der Waals surface area contributed by atoms with Gasteiger partial charge in [-0.05, 0) is 11.6 Å². The van der Waals surface area contributed by atoms with Crippen molar-refractivity contribution >= 4 is 22.7 Å². The highest BCUT2D eigenvalue weighted by Crippen LogP contribution is 2.40. The second kappa shape index (κ2) is 4.33. The molecule has 0 aliphatic heterocycles. The molecule has 88 valence electrons. The van der Waals surface area contributed by atoms with Crippen LogP contribution in [0.2, 0.25) is 0 Å². The molecule has 1 heterocycles. The van der Waals surface area contributed by atoms with E-state index in [1.807, 2.05) is 6.07 Å². The number of hydrogen-bond acceptors (Lipinski definition) is 4. The van der Waals surface area contributed by atoms with Crippen molar-refractivity contribution in [1.82, 2.24) is 4.98 Å². The maximum Gasteiger partial charge on any atom is 0.170 e. The number of ether oxygens (including phenoxy) is 2. The van der Waals surface area contributed by atoms with E-state index >= 15 is 0 Å². The number of nitrogens with zero attached hydrogens (tertiary/aromatic N) is 1. The summed E-state index contributed by atoms with van der Waals surface area (Å²) >= 11 is 0. The van der Waals surface area contributed by atoms with Crippen molar-refractivity contribution in [1.29, 1.82) is 0 Å². The fourth-order valence-corrected chi connectivity index (χ4v) is 1.86. The minimum atomic E-state index is 0.557. The van der Waals surface area contributed by atoms with E-state index in [9.17, 15) is 0 Å². The Morgan fingerprint density at radius 3 is 2.71 bits per heavy atom. The van der Waals surface area contributed by atoms with Crippen molar-refractivity contribution in [3.8, 4) is 11.5 Å². The van der Waals surface area contributed by atoms with E-state index in [1.165, 1.54) is 0 Å². The Hall–Kier alpha value is -2.23. The van der Waals surface area contributed by atoms with E-state index in [0.717, 1.165) is 10.9 Å². The molecule has 1 aromatic heterocycles. The van der Waals surface area contributed by atoms with Gasteiger partial charge in [0.25, 0.3) is 0 Å². The molecule has 1 aromatic carbocycles. The molecule has 2 aromatic rings. The van der Waals surface area contributed by atoms with Crippen molar-refractivity contribution in [2.24, 2.45) is 0 Å². The molecular weight excluding hydrogens is 216 g/mol. The largest absolute Gasteiger partial charge is 0.493 e. The number of pyridine rings is 1. The number of fused-ring (bicyclic) bond motifs is 1. The van der Waals surface area contributed by atoms with Gasteiger partial charge in [0, 0.05) is 12.3 Å². The Morgan fingerprint density at radius 1 is 1.35 bits per heavy atom. The summed E-state index contributed by atoms with van der Waals surface area (Å²) in [6, 6.07) is 3.57. The van der Waals surface area contributed by atoms with Crippen molar-refractivity contribution < 1.29 is 9.47 Å². The Kier molecular flexibility index (Phi) is 2.87. The van der Waals surface area contributed by atoms with Crippen LogP contribution in [-0.4, -0.2) is 19.2 Å². The molecule has 0 amide bonds. The predicted molar refractivity (Wildman–Crippen MR) is 69.4 cm³/mol. The molecule has 0 aliphatic carbocycles. The Morgan fingerprint density at radius 2 is 2.12 bits per heavy atom. The Labute approximate surface area is 99.7 Å². The van der Waals surface area contributed by atoms with Gasteiger partial charge in [-0.15, -0.1) is 0 Å². The number of hydrogen-bond donors (Lipinski definition) is 1. The normalized spacial score (nSPS) is 10.2. The fraction of sp³-hybridized carbons (Fsp3) is 0.154. The lowest BCUT2D eigenvalue weighted by atomic mass is 10.1. The number of rotatable bonds is 3. The fourth-order valence-electron chi connectivity index (χ4n) is 1.86. The van der Waals surface area contributed by atoms with Crippen LogP contribution in [0.15, 0.2) is 24.9 Å². The van der Waals surface area contributed by atoms with E-state index in [-0.39, 0.29) is 0 Å². The summed E-state index contributed by atoms with van der Waals surface area (Å²) in [7, 11) is 3.17. The molecule has 4 nitrogen and oxygen atoms in total. The Balaban J connectivity index is 2.96. The number of benzene rings is 1. The molecule has 0 fully saturated rings. The minimum absolute atomic E-state index is 0.557. The van der Waals surface area contributed by atoms with Crippen molar-refractivity contribution in [3.63, 3.8) is 0 Å². The third-order valence-corrected chi connectivity index (χ3v) is 2.64. The number of aromatic nitrogens is 1. The number of methoxy groups -OCH3 is 2. The zero-order valence-electron chi connectivity index (χ0n) is 9.86. The van der Waals surface area contributed by atoms with Gasteiger partial charge in [-0.3, -0.25) is 4.98 Å². The van der Waals surface area contributed by atoms with Crippen LogP contribution in [0, 0.1) is 0 Å². The van der Waals surface area contributed by atoms with Crippen LogP contribution in [0.3, 0.4) is 0 Å². The third kappa shape index (κ3) is 1.67. The monoisotopic (exact) mass is 230 g/mol. The number of anilines is 1. The van der Waals surface area contributed by atoms with E-state index in [1.54, 1.807) is 32.6 Å². The molecule has 0 saturated heterocycles. The topological polar surface area (TPSA) is 57.4 Å².